The fourth-order valence-corrected chi connectivity index (χ4v) is 3.25. The molecule has 1 N–H and O–H groups in total. The Morgan fingerprint density at radius 1 is 0.864 bits per heavy atom. The molecule has 1 heterocycles. The molecule has 0 aromatic heterocycles. The zero-order valence-corrected chi connectivity index (χ0v) is 13.7. The third-order valence-electron chi connectivity index (χ3n) is 3.96. The second-order valence-electron chi connectivity index (χ2n) is 5.63. The summed E-state index contributed by atoms with van der Waals surface area (Å²) < 4.78 is 0. The number of hydrogen-bond donors (Lipinski definition) is 1. The summed E-state index contributed by atoms with van der Waals surface area (Å²) in [6.07, 6.45) is 1.17. The van der Waals surface area contributed by atoms with E-state index in [0.29, 0.717) is 0 Å². The van der Waals surface area contributed by atoms with E-state index in [0.717, 1.165) is 25.0 Å². The van der Waals surface area contributed by atoms with E-state index in [4.69, 9.17) is 12.2 Å². The van der Waals surface area contributed by atoms with E-state index in [2.05, 4.69) is 65.3 Å². The van der Waals surface area contributed by atoms with Gasteiger partial charge >= 0.3 is 0 Å². The molecular weight excluding hydrogens is 290 g/mol. The first kappa shape index (κ1) is 15.0. The smallest absolute Gasteiger partial charge is 0.189 e. The highest BCUT2D eigenvalue weighted by Gasteiger charge is 2.31. The van der Waals surface area contributed by atoms with Crippen molar-refractivity contribution in [1.82, 2.24) is 0 Å². The molecule has 3 nitrogen and oxygen atoms in total. The Morgan fingerprint density at radius 2 is 1.32 bits per heavy atom. The summed E-state index contributed by atoms with van der Waals surface area (Å²) in [5.41, 5.74) is 2.34. The van der Waals surface area contributed by atoms with E-state index in [1.165, 1.54) is 22.7 Å². The predicted octanol–water partition coefficient (Wildman–Crippen LogP) is 2.51. The molecule has 4 heteroatoms. The largest absolute Gasteiger partial charge is 0.300 e. The number of nitrogens with one attached hydrogen (secondary N) is 1. The Bertz CT molecular complexity index is 563. The van der Waals surface area contributed by atoms with E-state index >= 15 is 0 Å². The molecule has 1 saturated heterocycles. The molecule has 0 spiro atoms. The molecule has 1 fully saturated rings. The lowest BCUT2D eigenvalue weighted by molar-refractivity contribution is -0.899. The quantitative estimate of drug-likeness (QED) is 0.871. The van der Waals surface area contributed by atoms with Gasteiger partial charge < -0.3 is 4.90 Å². The second-order valence-corrected chi connectivity index (χ2v) is 5.99. The normalized spacial score (nSPS) is 16.1. The van der Waals surface area contributed by atoms with Gasteiger partial charge in [-0.2, -0.15) is 0 Å². The number of hydrogen-bond acceptors (Lipinski definition) is 1. The van der Waals surface area contributed by atoms with Gasteiger partial charge in [0.1, 0.15) is 0 Å². The summed E-state index contributed by atoms with van der Waals surface area (Å²) >= 11 is 5.79. The van der Waals surface area contributed by atoms with Crippen LogP contribution in [0.15, 0.2) is 60.7 Å². The van der Waals surface area contributed by atoms with Crippen LogP contribution < -0.4 is 14.7 Å². The molecule has 114 valence electrons. The summed E-state index contributed by atoms with van der Waals surface area (Å²) in [5.74, 6) is 0. The zero-order chi connectivity index (χ0) is 15.4. The lowest BCUT2D eigenvalue weighted by Gasteiger charge is -2.41. The van der Waals surface area contributed by atoms with Gasteiger partial charge in [0.15, 0.2) is 18.4 Å². The van der Waals surface area contributed by atoms with Gasteiger partial charge in [0.05, 0.1) is 6.54 Å². The van der Waals surface area contributed by atoms with Crippen molar-refractivity contribution in [2.24, 2.45) is 0 Å². The molecule has 0 saturated carbocycles. The average Bonchev–Trinajstić information content (AvgIpc) is 2.58. The van der Waals surface area contributed by atoms with Crippen molar-refractivity contribution in [1.29, 1.82) is 0 Å². The van der Waals surface area contributed by atoms with Crippen molar-refractivity contribution < 1.29 is 4.90 Å². The average molecular weight is 312 g/mol. The Kier molecular flexibility index (Phi) is 4.71. The summed E-state index contributed by atoms with van der Waals surface area (Å²) in [6.45, 7) is 5.25. The zero-order valence-electron chi connectivity index (χ0n) is 12.9. The number of quaternary nitrogens is 1. The van der Waals surface area contributed by atoms with Crippen LogP contribution in [-0.4, -0.2) is 25.0 Å². The maximum Gasteiger partial charge on any atom is 0.189 e. The lowest BCUT2D eigenvalue weighted by Crippen LogP contribution is -3.17. The van der Waals surface area contributed by atoms with Crippen LogP contribution in [-0.2, 0) is 0 Å². The first-order chi connectivity index (χ1) is 10.8. The van der Waals surface area contributed by atoms with Crippen molar-refractivity contribution in [3.05, 3.63) is 60.7 Å². The third kappa shape index (κ3) is 3.13. The van der Waals surface area contributed by atoms with Gasteiger partial charge in [-0.05, 0) is 42.9 Å². The topological polar surface area (TPSA) is 10.9 Å². The van der Waals surface area contributed by atoms with Gasteiger partial charge in [-0.1, -0.05) is 43.3 Å². The molecule has 0 unspecified atom stereocenters. The van der Waals surface area contributed by atoms with Crippen molar-refractivity contribution >= 4 is 28.7 Å². The summed E-state index contributed by atoms with van der Waals surface area (Å²) in [6, 6.07) is 20.9. The van der Waals surface area contributed by atoms with Gasteiger partial charge in [-0.3, -0.25) is 9.80 Å². The Labute approximate surface area is 137 Å². The fourth-order valence-electron chi connectivity index (χ4n) is 2.91. The summed E-state index contributed by atoms with van der Waals surface area (Å²) in [7, 11) is 0. The molecule has 1 aliphatic rings. The van der Waals surface area contributed by atoms with Gasteiger partial charge in [-0.25, -0.2) is 0 Å². The number of anilines is 2. The van der Waals surface area contributed by atoms with E-state index in [1.54, 1.807) is 0 Å². The van der Waals surface area contributed by atoms with Crippen LogP contribution in [0.3, 0.4) is 0 Å². The molecule has 0 radical (unpaired) electrons. The highest BCUT2D eigenvalue weighted by Crippen LogP contribution is 2.20. The monoisotopic (exact) mass is 312 g/mol. The molecule has 2 aromatic rings. The molecule has 22 heavy (non-hydrogen) atoms. The van der Waals surface area contributed by atoms with Crippen LogP contribution in [0, 0.1) is 0 Å². The number of thiocarbonyl (C=S) groups is 1. The van der Waals surface area contributed by atoms with Gasteiger partial charge in [0.25, 0.3) is 0 Å². The molecule has 0 aliphatic carbocycles. The number of rotatable bonds is 4. The number of benzene rings is 2. The predicted molar refractivity (Wildman–Crippen MR) is 96.3 cm³/mol. The first-order valence-electron chi connectivity index (χ1n) is 7.82. The van der Waals surface area contributed by atoms with Crippen LogP contribution in [0.1, 0.15) is 13.3 Å². The maximum absolute atomic E-state index is 5.79. The minimum absolute atomic E-state index is 0.886. The highest BCUT2D eigenvalue weighted by atomic mass is 32.1. The van der Waals surface area contributed by atoms with Crippen molar-refractivity contribution in [2.75, 3.05) is 29.7 Å². The molecule has 1 aliphatic heterocycles. The highest BCUT2D eigenvalue weighted by molar-refractivity contribution is 7.80. The van der Waals surface area contributed by atoms with Crippen molar-refractivity contribution in [2.45, 2.75) is 13.3 Å². The SMILES string of the molecule is CCC[NH+]1CN(c2ccccc2)C(=S)N(c2ccccc2)C1. The van der Waals surface area contributed by atoms with Gasteiger partial charge in [-0.15, -0.1) is 0 Å². The van der Waals surface area contributed by atoms with E-state index < -0.39 is 0 Å². The van der Waals surface area contributed by atoms with E-state index in [-0.39, 0.29) is 0 Å². The fraction of sp³-hybridized carbons (Fsp3) is 0.278. The van der Waals surface area contributed by atoms with Crippen LogP contribution in [0.4, 0.5) is 11.4 Å². The standard InChI is InChI=1S/C18H21N3S/c1-2-13-19-14-20(16-9-5-3-6-10-16)18(22)21(15-19)17-11-7-4-8-12-17/h3-12H,2,13-15H2,1H3/p+1. The van der Waals surface area contributed by atoms with Gasteiger partial charge in [0, 0.05) is 11.4 Å². The Hall–Kier alpha value is -1.91. The van der Waals surface area contributed by atoms with Crippen LogP contribution in [0.25, 0.3) is 0 Å². The van der Waals surface area contributed by atoms with Gasteiger partial charge in [0.2, 0.25) is 0 Å². The van der Waals surface area contributed by atoms with Crippen molar-refractivity contribution in [3.63, 3.8) is 0 Å². The Balaban J connectivity index is 1.92. The molecular formula is C18H22N3S+. The van der Waals surface area contributed by atoms with E-state index in [9.17, 15) is 0 Å². The maximum atomic E-state index is 5.79. The van der Waals surface area contributed by atoms with Crippen LogP contribution >= 0.6 is 12.2 Å². The Morgan fingerprint density at radius 3 is 1.73 bits per heavy atom. The molecule has 0 bridgehead atoms. The van der Waals surface area contributed by atoms with E-state index in [1.807, 2.05) is 12.1 Å². The minimum atomic E-state index is 0.886. The minimum Gasteiger partial charge on any atom is -0.300 e. The molecule has 3 rings (SSSR count). The molecule has 0 atom stereocenters. The second kappa shape index (κ2) is 6.90. The lowest BCUT2D eigenvalue weighted by atomic mass is 10.2. The third-order valence-corrected chi connectivity index (χ3v) is 4.41. The number of para-hydroxylation sites is 2. The molecule has 2 aromatic carbocycles. The first-order valence-corrected chi connectivity index (χ1v) is 8.23. The van der Waals surface area contributed by atoms with Crippen molar-refractivity contribution in [3.8, 4) is 0 Å². The summed E-state index contributed by atoms with van der Waals surface area (Å²) in [5, 5.41) is 0.886. The van der Waals surface area contributed by atoms with Crippen LogP contribution in [0.2, 0.25) is 0 Å². The molecule has 0 amide bonds. The van der Waals surface area contributed by atoms with Crippen LogP contribution in [0.5, 0.6) is 0 Å². The summed E-state index contributed by atoms with van der Waals surface area (Å²) in [4.78, 5) is 6.03. The number of nitrogens with zero attached hydrogens (tertiary/aromatic N) is 2.